The van der Waals surface area contributed by atoms with Crippen LogP contribution in [0.2, 0.25) is 0 Å². The third kappa shape index (κ3) is 4.98. The number of amides is 1. The summed E-state index contributed by atoms with van der Waals surface area (Å²) in [5.41, 5.74) is 6.91. The second-order valence-corrected chi connectivity index (χ2v) is 4.84. The quantitative estimate of drug-likeness (QED) is 0.825. The lowest BCUT2D eigenvalue weighted by Gasteiger charge is -2.22. The van der Waals surface area contributed by atoms with Gasteiger partial charge in [0.15, 0.2) is 0 Å². The van der Waals surface area contributed by atoms with E-state index in [1.165, 1.54) is 0 Å². The van der Waals surface area contributed by atoms with E-state index in [4.69, 9.17) is 11.0 Å². The van der Waals surface area contributed by atoms with Crippen LogP contribution in [0.3, 0.4) is 0 Å². The van der Waals surface area contributed by atoms with Gasteiger partial charge in [0.05, 0.1) is 18.2 Å². The highest BCUT2D eigenvalue weighted by Crippen LogP contribution is 2.09. The highest BCUT2D eigenvalue weighted by atomic mass is 16.1. The average Bonchev–Trinajstić information content (AvgIpc) is 2.27. The van der Waals surface area contributed by atoms with Gasteiger partial charge in [0.1, 0.15) is 0 Å². The van der Waals surface area contributed by atoms with E-state index in [-0.39, 0.29) is 12.5 Å². The molecule has 2 N–H and O–H groups in total. The van der Waals surface area contributed by atoms with Gasteiger partial charge in [-0.1, -0.05) is 26.0 Å². The Morgan fingerprint density at radius 1 is 1.50 bits per heavy atom. The molecule has 18 heavy (non-hydrogen) atoms. The molecule has 0 unspecified atom stereocenters. The van der Waals surface area contributed by atoms with Crippen LogP contribution in [-0.4, -0.2) is 23.9 Å². The Morgan fingerprint density at radius 3 is 2.78 bits per heavy atom. The lowest BCUT2D eigenvalue weighted by atomic mass is 10.1. The maximum atomic E-state index is 11.0. The van der Waals surface area contributed by atoms with Gasteiger partial charge in [-0.05, 0) is 23.6 Å². The highest BCUT2D eigenvalue weighted by Gasteiger charge is 2.11. The van der Waals surface area contributed by atoms with Crippen molar-refractivity contribution in [1.29, 1.82) is 5.26 Å². The number of nitriles is 1. The van der Waals surface area contributed by atoms with Gasteiger partial charge in [-0.25, -0.2) is 0 Å². The van der Waals surface area contributed by atoms with Crippen molar-refractivity contribution in [2.24, 2.45) is 11.7 Å². The molecule has 0 heterocycles. The van der Waals surface area contributed by atoms with Crippen LogP contribution in [0, 0.1) is 17.2 Å². The monoisotopic (exact) mass is 245 g/mol. The van der Waals surface area contributed by atoms with E-state index in [1.54, 1.807) is 6.07 Å². The van der Waals surface area contributed by atoms with E-state index in [2.05, 4.69) is 19.9 Å². The largest absolute Gasteiger partial charge is 0.369 e. The van der Waals surface area contributed by atoms with Crippen molar-refractivity contribution >= 4 is 5.91 Å². The Morgan fingerprint density at radius 2 is 2.22 bits per heavy atom. The van der Waals surface area contributed by atoms with Gasteiger partial charge < -0.3 is 5.73 Å². The zero-order chi connectivity index (χ0) is 13.5. The first-order valence-electron chi connectivity index (χ1n) is 6.01. The minimum atomic E-state index is -0.327. The number of carbonyl (C=O) groups is 1. The molecule has 0 radical (unpaired) electrons. The number of hydrogen-bond donors (Lipinski definition) is 1. The van der Waals surface area contributed by atoms with Crippen molar-refractivity contribution in [1.82, 2.24) is 4.90 Å². The second kappa shape index (κ2) is 6.77. The van der Waals surface area contributed by atoms with Crippen LogP contribution in [0.25, 0.3) is 0 Å². The molecule has 0 saturated heterocycles. The number of nitrogens with zero attached hydrogens (tertiary/aromatic N) is 2. The van der Waals surface area contributed by atoms with Crippen molar-refractivity contribution < 1.29 is 4.79 Å². The molecule has 1 aromatic rings. The van der Waals surface area contributed by atoms with Gasteiger partial charge >= 0.3 is 0 Å². The fourth-order valence-electron chi connectivity index (χ4n) is 1.92. The van der Waals surface area contributed by atoms with Crippen LogP contribution in [0.4, 0.5) is 0 Å². The predicted molar refractivity (Wildman–Crippen MR) is 70.5 cm³/mol. The minimum absolute atomic E-state index is 0.245. The van der Waals surface area contributed by atoms with Gasteiger partial charge in [-0.2, -0.15) is 5.26 Å². The van der Waals surface area contributed by atoms with Crippen molar-refractivity contribution in [3.05, 3.63) is 35.4 Å². The standard InChI is InChI=1S/C14H19N3O/c1-11(2)8-17(10-14(16)18)9-13-5-3-4-12(6-13)7-15/h3-6,11H,8-10H2,1-2H3,(H2,16,18). The first-order chi connectivity index (χ1) is 8.51. The molecule has 4 heteroatoms. The molecule has 0 aliphatic heterocycles. The molecule has 0 atom stereocenters. The molecule has 96 valence electrons. The Balaban J connectivity index is 2.75. The van der Waals surface area contributed by atoms with Crippen LogP contribution in [0.1, 0.15) is 25.0 Å². The van der Waals surface area contributed by atoms with Crippen LogP contribution in [-0.2, 0) is 11.3 Å². The van der Waals surface area contributed by atoms with Crippen molar-refractivity contribution in [3.63, 3.8) is 0 Å². The number of rotatable bonds is 6. The van der Waals surface area contributed by atoms with Crippen molar-refractivity contribution in [2.45, 2.75) is 20.4 Å². The van der Waals surface area contributed by atoms with E-state index >= 15 is 0 Å². The van der Waals surface area contributed by atoms with Crippen molar-refractivity contribution in [2.75, 3.05) is 13.1 Å². The first-order valence-corrected chi connectivity index (χ1v) is 6.01. The second-order valence-electron chi connectivity index (χ2n) is 4.84. The lowest BCUT2D eigenvalue weighted by molar-refractivity contribution is -0.119. The molecule has 1 rings (SSSR count). The molecule has 0 spiro atoms. The summed E-state index contributed by atoms with van der Waals surface area (Å²) >= 11 is 0. The molecule has 0 saturated carbocycles. The predicted octanol–water partition coefficient (Wildman–Crippen LogP) is 1.50. The Labute approximate surface area is 108 Å². The summed E-state index contributed by atoms with van der Waals surface area (Å²) in [5, 5.41) is 8.85. The topological polar surface area (TPSA) is 70.1 Å². The van der Waals surface area contributed by atoms with Crippen LogP contribution in [0.15, 0.2) is 24.3 Å². The third-order valence-corrected chi connectivity index (χ3v) is 2.47. The molecule has 0 aromatic heterocycles. The number of carbonyl (C=O) groups excluding carboxylic acids is 1. The molecule has 0 bridgehead atoms. The summed E-state index contributed by atoms with van der Waals surface area (Å²) in [6.45, 7) is 5.88. The normalized spacial score (nSPS) is 10.6. The maximum Gasteiger partial charge on any atom is 0.231 e. The average molecular weight is 245 g/mol. The van der Waals surface area contributed by atoms with Gasteiger partial charge in [0.25, 0.3) is 0 Å². The molecule has 0 fully saturated rings. The zero-order valence-corrected chi connectivity index (χ0v) is 10.9. The first kappa shape index (κ1) is 14.2. The number of hydrogen-bond acceptors (Lipinski definition) is 3. The molecular weight excluding hydrogens is 226 g/mol. The third-order valence-electron chi connectivity index (χ3n) is 2.47. The van der Waals surface area contributed by atoms with Crippen LogP contribution < -0.4 is 5.73 Å². The van der Waals surface area contributed by atoms with E-state index in [1.807, 2.05) is 23.1 Å². The molecular formula is C14H19N3O. The van der Waals surface area contributed by atoms with Gasteiger partial charge in [0, 0.05) is 13.1 Å². The minimum Gasteiger partial charge on any atom is -0.369 e. The van der Waals surface area contributed by atoms with Gasteiger partial charge in [0.2, 0.25) is 5.91 Å². The summed E-state index contributed by atoms with van der Waals surface area (Å²) in [4.78, 5) is 13.0. The summed E-state index contributed by atoms with van der Waals surface area (Å²) in [5.74, 6) is 0.135. The van der Waals surface area contributed by atoms with Crippen LogP contribution >= 0.6 is 0 Å². The zero-order valence-electron chi connectivity index (χ0n) is 10.9. The summed E-state index contributed by atoms with van der Waals surface area (Å²) in [6.07, 6.45) is 0. The molecule has 1 amide bonds. The SMILES string of the molecule is CC(C)CN(CC(N)=O)Cc1cccc(C#N)c1. The Bertz CT molecular complexity index is 449. The summed E-state index contributed by atoms with van der Waals surface area (Å²) in [6, 6.07) is 9.53. The van der Waals surface area contributed by atoms with Crippen LogP contribution in [0.5, 0.6) is 0 Å². The fourth-order valence-corrected chi connectivity index (χ4v) is 1.92. The number of benzene rings is 1. The number of primary amides is 1. The highest BCUT2D eigenvalue weighted by molar-refractivity contribution is 5.75. The summed E-state index contributed by atoms with van der Waals surface area (Å²) in [7, 11) is 0. The molecule has 1 aromatic carbocycles. The fraction of sp³-hybridized carbons (Fsp3) is 0.429. The lowest BCUT2D eigenvalue weighted by Crippen LogP contribution is -2.35. The number of nitrogens with two attached hydrogens (primary N) is 1. The summed E-state index contributed by atoms with van der Waals surface area (Å²) < 4.78 is 0. The smallest absolute Gasteiger partial charge is 0.231 e. The Kier molecular flexibility index (Phi) is 5.34. The molecule has 0 aliphatic carbocycles. The Hall–Kier alpha value is -1.86. The molecule has 0 aliphatic rings. The van der Waals surface area contributed by atoms with Crippen molar-refractivity contribution in [3.8, 4) is 6.07 Å². The molecule has 4 nitrogen and oxygen atoms in total. The van der Waals surface area contributed by atoms with E-state index in [0.29, 0.717) is 18.0 Å². The van der Waals surface area contributed by atoms with E-state index < -0.39 is 0 Å². The van der Waals surface area contributed by atoms with Gasteiger partial charge in [-0.3, -0.25) is 9.69 Å². The maximum absolute atomic E-state index is 11.0. The van der Waals surface area contributed by atoms with E-state index in [0.717, 1.165) is 12.1 Å². The van der Waals surface area contributed by atoms with E-state index in [9.17, 15) is 4.79 Å². The van der Waals surface area contributed by atoms with Gasteiger partial charge in [-0.15, -0.1) is 0 Å².